The Kier molecular flexibility index (Phi) is 4.74. The van der Waals surface area contributed by atoms with E-state index in [1.54, 1.807) is 6.20 Å². The molecular formula is C14H22N4O. The first-order valence-corrected chi connectivity index (χ1v) is 6.88. The largest absolute Gasteiger partial charge is 0.409 e. The highest BCUT2D eigenvalue weighted by Crippen LogP contribution is 2.21. The van der Waals surface area contributed by atoms with Crippen LogP contribution in [-0.2, 0) is 6.54 Å². The standard InChI is InChI=1S/C14H22N4O/c1-2-11-5-8-18(9-6-11)10-12-4-3-7-16-13(12)14(15)17-19/h3-4,7,11,19H,2,5-6,8-10H2,1H3,(H2,15,17). The Morgan fingerprint density at radius 3 is 2.89 bits per heavy atom. The lowest BCUT2D eigenvalue weighted by molar-refractivity contribution is 0.175. The molecule has 19 heavy (non-hydrogen) atoms. The molecule has 5 heteroatoms. The van der Waals surface area contributed by atoms with Gasteiger partial charge in [0.2, 0.25) is 0 Å². The number of aromatic nitrogens is 1. The third kappa shape index (κ3) is 3.44. The lowest BCUT2D eigenvalue weighted by Crippen LogP contribution is -2.34. The number of rotatable bonds is 4. The summed E-state index contributed by atoms with van der Waals surface area (Å²) < 4.78 is 0. The van der Waals surface area contributed by atoms with Crippen molar-refractivity contribution >= 4 is 5.84 Å². The molecule has 1 aromatic rings. The van der Waals surface area contributed by atoms with Crippen molar-refractivity contribution in [1.29, 1.82) is 0 Å². The molecule has 1 saturated heterocycles. The summed E-state index contributed by atoms with van der Waals surface area (Å²) in [4.78, 5) is 6.62. The van der Waals surface area contributed by atoms with Crippen molar-refractivity contribution in [3.8, 4) is 0 Å². The zero-order valence-corrected chi connectivity index (χ0v) is 11.4. The first-order chi connectivity index (χ1) is 9.24. The second-order valence-corrected chi connectivity index (χ2v) is 5.12. The zero-order chi connectivity index (χ0) is 13.7. The molecule has 3 N–H and O–H groups in total. The summed E-state index contributed by atoms with van der Waals surface area (Å²) in [5, 5.41) is 11.8. The first-order valence-electron chi connectivity index (χ1n) is 6.88. The van der Waals surface area contributed by atoms with Gasteiger partial charge in [-0.2, -0.15) is 0 Å². The number of hydrogen-bond donors (Lipinski definition) is 2. The number of nitrogens with zero attached hydrogens (tertiary/aromatic N) is 3. The summed E-state index contributed by atoms with van der Waals surface area (Å²) in [6.45, 7) is 5.31. The van der Waals surface area contributed by atoms with Crippen LogP contribution in [0.1, 0.15) is 37.4 Å². The molecule has 1 fully saturated rings. The van der Waals surface area contributed by atoms with E-state index in [1.807, 2.05) is 12.1 Å². The van der Waals surface area contributed by atoms with Crippen LogP contribution in [0, 0.1) is 5.92 Å². The Bertz CT molecular complexity index is 439. The minimum Gasteiger partial charge on any atom is -0.409 e. The normalized spacial score (nSPS) is 18.7. The van der Waals surface area contributed by atoms with Crippen LogP contribution in [0.5, 0.6) is 0 Å². The fourth-order valence-electron chi connectivity index (χ4n) is 2.64. The van der Waals surface area contributed by atoms with E-state index in [-0.39, 0.29) is 5.84 Å². The first kappa shape index (κ1) is 13.8. The van der Waals surface area contributed by atoms with Gasteiger partial charge in [0.05, 0.1) is 0 Å². The van der Waals surface area contributed by atoms with Gasteiger partial charge in [0.25, 0.3) is 0 Å². The molecular weight excluding hydrogens is 240 g/mol. The molecule has 0 aliphatic carbocycles. The molecule has 0 aromatic carbocycles. The highest BCUT2D eigenvalue weighted by Gasteiger charge is 2.19. The number of hydrogen-bond acceptors (Lipinski definition) is 4. The van der Waals surface area contributed by atoms with Crippen LogP contribution in [0.3, 0.4) is 0 Å². The fourth-order valence-corrected chi connectivity index (χ4v) is 2.64. The van der Waals surface area contributed by atoms with Gasteiger partial charge in [-0.25, -0.2) is 0 Å². The van der Waals surface area contributed by atoms with Gasteiger partial charge in [-0.05, 0) is 43.5 Å². The summed E-state index contributed by atoms with van der Waals surface area (Å²) >= 11 is 0. The van der Waals surface area contributed by atoms with Crippen LogP contribution in [0.4, 0.5) is 0 Å². The zero-order valence-electron chi connectivity index (χ0n) is 11.4. The minimum atomic E-state index is 0.0824. The van der Waals surface area contributed by atoms with Gasteiger partial charge < -0.3 is 10.9 Å². The Balaban J connectivity index is 2.04. The number of pyridine rings is 1. The van der Waals surface area contributed by atoms with Crippen LogP contribution < -0.4 is 5.73 Å². The molecule has 0 amide bonds. The predicted octanol–water partition coefficient (Wildman–Crippen LogP) is 1.80. The van der Waals surface area contributed by atoms with Crippen LogP contribution in [0.2, 0.25) is 0 Å². The van der Waals surface area contributed by atoms with Crippen molar-refractivity contribution in [2.24, 2.45) is 16.8 Å². The van der Waals surface area contributed by atoms with Crippen molar-refractivity contribution in [3.05, 3.63) is 29.6 Å². The second kappa shape index (κ2) is 6.52. The van der Waals surface area contributed by atoms with Gasteiger partial charge in [-0.3, -0.25) is 9.88 Å². The lowest BCUT2D eigenvalue weighted by atomic mass is 9.94. The maximum Gasteiger partial charge on any atom is 0.189 e. The van der Waals surface area contributed by atoms with Crippen LogP contribution >= 0.6 is 0 Å². The third-order valence-corrected chi connectivity index (χ3v) is 3.92. The van der Waals surface area contributed by atoms with Gasteiger partial charge in [-0.15, -0.1) is 0 Å². The van der Waals surface area contributed by atoms with E-state index in [0.717, 1.165) is 31.1 Å². The fraction of sp³-hybridized carbons (Fsp3) is 0.571. The van der Waals surface area contributed by atoms with Crippen molar-refractivity contribution in [2.45, 2.75) is 32.7 Å². The van der Waals surface area contributed by atoms with Gasteiger partial charge in [-0.1, -0.05) is 24.6 Å². The molecule has 5 nitrogen and oxygen atoms in total. The molecule has 2 rings (SSSR count). The van der Waals surface area contributed by atoms with Crippen molar-refractivity contribution in [3.63, 3.8) is 0 Å². The molecule has 0 saturated carbocycles. The highest BCUT2D eigenvalue weighted by atomic mass is 16.4. The van der Waals surface area contributed by atoms with Gasteiger partial charge in [0.1, 0.15) is 5.69 Å². The van der Waals surface area contributed by atoms with E-state index < -0.39 is 0 Å². The SMILES string of the molecule is CCC1CCN(Cc2cccnc2/C(N)=N/O)CC1. The van der Waals surface area contributed by atoms with Crippen molar-refractivity contribution in [1.82, 2.24) is 9.88 Å². The van der Waals surface area contributed by atoms with E-state index in [1.165, 1.54) is 19.3 Å². The number of likely N-dealkylation sites (tertiary alicyclic amines) is 1. The highest BCUT2D eigenvalue weighted by molar-refractivity contribution is 5.96. The monoisotopic (exact) mass is 262 g/mol. The second-order valence-electron chi connectivity index (χ2n) is 5.12. The van der Waals surface area contributed by atoms with Gasteiger partial charge in [0.15, 0.2) is 5.84 Å². The van der Waals surface area contributed by atoms with E-state index >= 15 is 0 Å². The minimum absolute atomic E-state index is 0.0824. The number of amidine groups is 1. The topological polar surface area (TPSA) is 74.7 Å². The van der Waals surface area contributed by atoms with Crippen LogP contribution in [-0.4, -0.2) is 34.0 Å². The number of piperidine rings is 1. The van der Waals surface area contributed by atoms with E-state index in [9.17, 15) is 0 Å². The van der Waals surface area contributed by atoms with Crippen LogP contribution in [0.15, 0.2) is 23.5 Å². The maximum absolute atomic E-state index is 8.79. The molecule has 0 bridgehead atoms. The van der Waals surface area contributed by atoms with Crippen molar-refractivity contribution in [2.75, 3.05) is 13.1 Å². The molecule has 0 spiro atoms. The van der Waals surface area contributed by atoms with E-state index in [0.29, 0.717) is 5.69 Å². The number of oxime groups is 1. The summed E-state index contributed by atoms with van der Waals surface area (Å²) in [5.74, 6) is 0.952. The van der Waals surface area contributed by atoms with Gasteiger partial charge >= 0.3 is 0 Å². The van der Waals surface area contributed by atoms with E-state index in [4.69, 9.17) is 10.9 Å². The molecule has 1 aliphatic rings. The molecule has 1 aliphatic heterocycles. The molecule has 104 valence electrons. The smallest absolute Gasteiger partial charge is 0.189 e. The maximum atomic E-state index is 8.79. The summed E-state index contributed by atoms with van der Waals surface area (Å²) in [6, 6.07) is 3.88. The Labute approximate surface area is 114 Å². The number of nitrogens with two attached hydrogens (primary N) is 1. The van der Waals surface area contributed by atoms with Gasteiger partial charge in [0, 0.05) is 12.7 Å². The average molecular weight is 262 g/mol. The summed E-state index contributed by atoms with van der Waals surface area (Å²) in [7, 11) is 0. The quantitative estimate of drug-likeness (QED) is 0.375. The Morgan fingerprint density at radius 1 is 1.53 bits per heavy atom. The van der Waals surface area contributed by atoms with E-state index in [2.05, 4.69) is 22.0 Å². The summed E-state index contributed by atoms with van der Waals surface area (Å²) in [5.41, 5.74) is 7.27. The van der Waals surface area contributed by atoms with Crippen LogP contribution in [0.25, 0.3) is 0 Å². The summed E-state index contributed by atoms with van der Waals surface area (Å²) in [6.07, 6.45) is 5.46. The molecule has 2 heterocycles. The molecule has 0 unspecified atom stereocenters. The molecule has 0 atom stereocenters. The molecule has 1 aromatic heterocycles. The lowest BCUT2D eigenvalue weighted by Gasteiger charge is -2.31. The predicted molar refractivity (Wildman–Crippen MR) is 75.0 cm³/mol. The third-order valence-electron chi connectivity index (χ3n) is 3.92. The molecule has 0 radical (unpaired) electrons. The Morgan fingerprint density at radius 2 is 2.26 bits per heavy atom. The van der Waals surface area contributed by atoms with Crippen molar-refractivity contribution < 1.29 is 5.21 Å². The average Bonchev–Trinajstić information content (AvgIpc) is 2.48. The Hall–Kier alpha value is -1.62.